The van der Waals surface area contributed by atoms with Gasteiger partial charge in [0.05, 0.1) is 6.54 Å². The van der Waals surface area contributed by atoms with Crippen LogP contribution in [0.5, 0.6) is 0 Å². The Bertz CT molecular complexity index is 508. The highest BCUT2D eigenvalue weighted by molar-refractivity contribution is 5.25. The van der Waals surface area contributed by atoms with Gasteiger partial charge in [-0.15, -0.1) is 10.2 Å². The van der Waals surface area contributed by atoms with Crippen LogP contribution >= 0.6 is 0 Å². The fourth-order valence-corrected chi connectivity index (χ4v) is 1.97. The molecular formula is C15H21N3O. The molecule has 0 aliphatic heterocycles. The van der Waals surface area contributed by atoms with Crippen molar-refractivity contribution in [1.29, 1.82) is 0 Å². The standard InChI is InChI=1S/C15H21N3O/c1-3-10-16-11-15-18-17-14(19-15)9-8-13-7-5-4-6-12(13)2/h4-7,16H,3,8-11H2,1-2H3. The van der Waals surface area contributed by atoms with E-state index in [-0.39, 0.29) is 0 Å². The average Bonchev–Trinajstić information content (AvgIpc) is 2.86. The molecule has 0 fully saturated rings. The molecule has 1 heterocycles. The Labute approximate surface area is 114 Å². The van der Waals surface area contributed by atoms with Gasteiger partial charge in [0.1, 0.15) is 0 Å². The summed E-state index contributed by atoms with van der Waals surface area (Å²) in [5.74, 6) is 1.39. The second-order valence-corrected chi connectivity index (χ2v) is 4.69. The largest absolute Gasteiger partial charge is 0.424 e. The van der Waals surface area contributed by atoms with E-state index in [9.17, 15) is 0 Å². The average molecular weight is 259 g/mol. The maximum Gasteiger partial charge on any atom is 0.230 e. The first kappa shape index (κ1) is 13.7. The van der Waals surface area contributed by atoms with Gasteiger partial charge in [0.25, 0.3) is 0 Å². The van der Waals surface area contributed by atoms with E-state index in [1.165, 1.54) is 11.1 Å². The van der Waals surface area contributed by atoms with Crippen LogP contribution in [0.15, 0.2) is 28.7 Å². The molecule has 0 spiro atoms. The van der Waals surface area contributed by atoms with Crippen LogP contribution in [-0.2, 0) is 19.4 Å². The van der Waals surface area contributed by atoms with E-state index in [0.29, 0.717) is 12.4 Å². The number of nitrogens with zero attached hydrogens (tertiary/aromatic N) is 2. The van der Waals surface area contributed by atoms with Crippen molar-refractivity contribution in [2.24, 2.45) is 0 Å². The van der Waals surface area contributed by atoms with Crippen molar-refractivity contribution in [3.63, 3.8) is 0 Å². The molecule has 0 saturated carbocycles. The minimum atomic E-state index is 0.658. The normalized spacial score (nSPS) is 10.8. The van der Waals surface area contributed by atoms with Gasteiger partial charge in [-0.3, -0.25) is 0 Å². The lowest BCUT2D eigenvalue weighted by Gasteiger charge is -2.02. The smallest absolute Gasteiger partial charge is 0.230 e. The van der Waals surface area contributed by atoms with Gasteiger partial charge in [0, 0.05) is 6.42 Å². The third-order valence-electron chi connectivity index (χ3n) is 3.08. The van der Waals surface area contributed by atoms with Gasteiger partial charge >= 0.3 is 0 Å². The molecule has 2 rings (SSSR count). The summed E-state index contributed by atoms with van der Waals surface area (Å²) in [6.45, 7) is 5.89. The predicted octanol–water partition coefficient (Wildman–Crippen LogP) is 2.66. The summed E-state index contributed by atoms with van der Waals surface area (Å²) < 4.78 is 5.61. The Kier molecular flexibility index (Phi) is 5.10. The molecule has 0 unspecified atom stereocenters. The molecule has 0 amide bonds. The molecule has 102 valence electrons. The third kappa shape index (κ3) is 4.17. The van der Waals surface area contributed by atoms with Gasteiger partial charge in [-0.2, -0.15) is 0 Å². The number of rotatable bonds is 7. The lowest BCUT2D eigenvalue weighted by Crippen LogP contribution is -2.13. The van der Waals surface area contributed by atoms with E-state index in [0.717, 1.165) is 31.7 Å². The maximum atomic E-state index is 5.61. The van der Waals surface area contributed by atoms with Gasteiger partial charge in [0.15, 0.2) is 0 Å². The van der Waals surface area contributed by atoms with Crippen LogP contribution in [0.3, 0.4) is 0 Å². The Balaban J connectivity index is 1.85. The predicted molar refractivity (Wildman–Crippen MR) is 74.9 cm³/mol. The zero-order chi connectivity index (χ0) is 13.5. The maximum absolute atomic E-state index is 5.61. The number of benzene rings is 1. The molecule has 0 radical (unpaired) electrons. The highest BCUT2D eigenvalue weighted by Crippen LogP contribution is 2.11. The molecule has 2 aromatic rings. The molecule has 1 N–H and O–H groups in total. The second kappa shape index (κ2) is 7.04. The molecule has 0 bridgehead atoms. The Hall–Kier alpha value is -1.68. The Morgan fingerprint density at radius 2 is 1.89 bits per heavy atom. The lowest BCUT2D eigenvalue weighted by atomic mass is 10.0. The molecule has 19 heavy (non-hydrogen) atoms. The molecular weight excluding hydrogens is 238 g/mol. The van der Waals surface area contributed by atoms with Crippen molar-refractivity contribution >= 4 is 0 Å². The van der Waals surface area contributed by atoms with Crippen molar-refractivity contribution in [3.05, 3.63) is 47.2 Å². The summed E-state index contributed by atoms with van der Waals surface area (Å²) in [7, 11) is 0. The summed E-state index contributed by atoms with van der Waals surface area (Å²) in [5.41, 5.74) is 2.65. The Morgan fingerprint density at radius 1 is 1.11 bits per heavy atom. The minimum Gasteiger partial charge on any atom is -0.424 e. The highest BCUT2D eigenvalue weighted by atomic mass is 16.4. The zero-order valence-corrected chi connectivity index (χ0v) is 11.6. The van der Waals surface area contributed by atoms with Crippen LogP contribution < -0.4 is 5.32 Å². The van der Waals surface area contributed by atoms with Crippen LogP contribution in [0, 0.1) is 6.92 Å². The summed E-state index contributed by atoms with van der Waals surface area (Å²) in [4.78, 5) is 0. The van der Waals surface area contributed by atoms with Crippen molar-refractivity contribution in [1.82, 2.24) is 15.5 Å². The third-order valence-corrected chi connectivity index (χ3v) is 3.08. The number of hydrogen-bond acceptors (Lipinski definition) is 4. The van der Waals surface area contributed by atoms with Crippen molar-refractivity contribution in [2.45, 2.75) is 39.7 Å². The van der Waals surface area contributed by atoms with E-state index >= 15 is 0 Å². The Morgan fingerprint density at radius 3 is 2.68 bits per heavy atom. The summed E-state index contributed by atoms with van der Waals surface area (Å²) >= 11 is 0. The summed E-state index contributed by atoms with van der Waals surface area (Å²) in [6.07, 6.45) is 2.84. The molecule has 4 nitrogen and oxygen atoms in total. The lowest BCUT2D eigenvalue weighted by molar-refractivity contribution is 0.432. The molecule has 0 aliphatic rings. The molecule has 0 atom stereocenters. The van der Waals surface area contributed by atoms with Crippen LogP contribution in [0.2, 0.25) is 0 Å². The fraction of sp³-hybridized carbons (Fsp3) is 0.467. The molecule has 4 heteroatoms. The van der Waals surface area contributed by atoms with E-state index in [4.69, 9.17) is 4.42 Å². The van der Waals surface area contributed by atoms with E-state index in [2.05, 4.69) is 53.6 Å². The second-order valence-electron chi connectivity index (χ2n) is 4.69. The summed E-state index contributed by atoms with van der Waals surface area (Å²) in [5, 5.41) is 11.4. The van der Waals surface area contributed by atoms with Crippen LogP contribution in [0.1, 0.15) is 36.3 Å². The van der Waals surface area contributed by atoms with E-state index in [1.54, 1.807) is 0 Å². The van der Waals surface area contributed by atoms with Gasteiger partial charge in [-0.05, 0) is 37.4 Å². The van der Waals surface area contributed by atoms with Crippen molar-refractivity contribution in [2.75, 3.05) is 6.54 Å². The molecule has 0 aliphatic carbocycles. The van der Waals surface area contributed by atoms with Crippen LogP contribution in [0.4, 0.5) is 0 Å². The molecule has 1 aromatic carbocycles. The minimum absolute atomic E-state index is 0.658. The molecule has 1 aromatic heterocycles. The fourth-order valence-electron chi connectivity index (χ4n) is 1.97. The topological polar surface area (TPSA) is 51.0 Å². The van der Waals surface area contributed by atoms with E-state index < -0.39 is 0 Å². The van der Waals surface area contributed by atoms with E-state index in [1.807, 2.05) is 0 Å². The van der Waals surface area contributed by atoms with Crippen LogP contribution in [0.25, 0.3) is 0 Å². The number of nitrogens with one attached hydrogen (secondary N) is 1. The summed E-state index contributed by atoms with van der Waals surface area (Å²) in [6, 6.07) is 8.40. The van der Waals surface area contributed by atoms with Crippen molar-refractivity contribution in [3.8, 4) is 0 Å². The quantitative estimate of drug-likeness (QED) is 0.777. The van der Waals surface area contributed by atoms with Gasteiger partial charge in [-0.1, -0.05) is 31.2 Å². The number of aromatic nitrogens is 2. The van der Waals surface area contributed by atoms with Gasteiger partial charge in [0.2, 0.25) is 11.8 Å². The first-order valence-corrected chi connectivity index (χ1v) is 6.86. The van der Waals surface area contributed by atoms with Crippen molar-refractivity contribution < 1.29 is 4.42 Å². The SMILES string of the molecule is CCCNCc1nnc(CCc2ccccc2C)o1. The first-order chi connectivity index (χ1) is 9.29. The zero-order valence-electron chi connectivity index (χ0n) is 11.6. The molecule has 0 saturated heterocycles. The van der Waals surface area contributed by atoms with Gasteiger partial charge in [-0.25, -0.2) is 0 Å². The van der Waals surface area contributed by atoms with Crippen LogP contribution in [-0.4, -0.2) is 16.7 Å². The first-order valence-electron chi connectivity index (χ1n) is 6.86. The highest BCUT2D eigenvalue weighted by Gasteiger charge is 2.06. The number of hydrogen-bond donors (Lipinski definition) is 1. The number of aryl methyl sites for hydroxylation is 3. The van der Waals surface area contributed by atoms with Gasteiger partial charge < -0.3 is 9.73 Å². The monoisotopic (exact) mass is 259 g/mol.